The maximum atomic E-state index is 13.4. The van der Waals surface area contributed by atoms with Gasteiger partial charge in [0.25, 0.3) is 0 Å². The third kappa shape index (κ3) is 3.32. The van der Waals surface area contributed by atoms with E-state index in [1.165, 1.54) is 24.0 Å². The van der Waals surface area contributed by atoms with Crippen LogP contribution in [-0.4, -0.2) is 18.1 Å². The van der Waals surface area contributed by atoms with Gasteiger partial charge in [0.15, 0.2) is 0 Å². The molecule has 0 bridgehead atoms. The summed E-state index contributed by atoms with van der Waals surface area (Å²) in [6.07, 6.45) is 1.25. The molecule has 1 fully saturated rings. The van der Waals surface area contributed by atoms with Crippen molar-refractivity contribution in [2.24, 2.45) is 5.92 Å². The van der Waals surface area contributed by atoms with Crippen molar-refractivity contribution in [2.45, 2.75) is 19.4 Å². The van der Waals surface area contributed by atoms with E-state index in [9.17, 15) is 4.39 Å². The van der Waals surface area contributed by atoms with Crippen molar-refractivity contribution in [2.75, 3.05) is 18.1 Å². The molecule has 2 rings (SSSR count). The van der Waals surface area contributed by atoms with Crippen molar-refractivity contribution in [3.05, 3.63) is 33.6 Å². The highest BCUT2D eigenvalue weighted by molar-refractivity contribution is 7.99. The number of hydrogen-bond donors (Lipinski definition) is 1. The van der Waals surface area contributed by atoms with Crippen LogP contribution in [0.3, 0.4) is 0 Å². The lowest BCUT2D eigenvalue weighted by atomic mass is 10.1. The van der Waals surface area contributed by atoms with Crippen LogP contribution in [0.25, 0.3) is 0 Å². The molecule has 5 heteroatoms. The van der Waals surface area contributed by atoms with Crippen LogP contribution in [-0.2, 0) is 0 Å². The minimum Gasteiger partial charge on any atom is -0.310 e. The van der Waals surface area contributed by atoms with E-state index < -0.39 is 5.82 Å². The monoisotopic (exact) mass is 307 g/mol. The van der Waals surface area contributed by atoms with Crippen molar-refractivity contribution in [3.63, 3.8) is 0 Å². The Kier molecular flexibility index (Phi) is 5.19. The van der Waals surface area contributed by atoms with Gasteiger partial charge in [0, 0.05) is 16.6 Å². The molecule has 0 saturated carbocycles. The molecule has 1 aromatic rings. The fourth-order valence-corrected chi connectivity index (χ4v) is 4.11. The van der Waals surface area contributed by atoms with Crippen LogP contribution in [0, 0.1) is 11.7 Å². The summed E-state index contributed by atoms with van der Waals surface area (Å²) in [4.78, 5) is 0. The molecule has 1 saturated heterocycles. The Morgan fingerprint density at radius 2 is 2.28 bits per heavy atom. The molecule has 0 radical (unpaired) electrons. The number of halogens is 3. The second-order valence-corrected chi connectivity index (χ2v) is 6.55. The van der Waals surface area contributed by atoms with E-state index in [1.807, 2.05) is 18.7 Å². The molecule has 1 aliphatic rings. The summed E-state index contributed by atoms with van der Waals surface area (Å²) in [6, 6.07) is 2.82. The van der Waals surface area contributed by atoms with Gasteiger partial charge < -0.3 is 5.32 Å². The van der Waals surface area contributed by atoms with Crippen molar-refractivity contribution in [1.29, 1.82) is 0 Å². The normalized spacial score (nSPS) is 21.2. The van der Waals surface area contributed by atoms with Gasteiger partial charge in [-0.15, -0.1) is 0 Å². The zero-order valence-corrected chi connectivity index (χ0v) is 12.5. The Hall–Kier alpha value is 0.0400. The van der Waals surface area contributed by atoms with E-state index in [2.05, 4.69) is 5.32 Å². The summed E-state index contributed by atoms with van der Waals surface area (Å²) in [5, 5.41) is 4.04. The standard InChI is InChI=1S/C13H16Cl2FNS/c1-8(17-6-9-4-5-18-7-9)12-10(14)2-3-11(16)13(12)15/h2-3,8-9,17H,4-7H2,1H3. The van der Waals surface area contributed by atoms with Gasteiger partial charge in [-0.1, -0.05) is 23.2 Å². The lowest BCUT2D eigenvalue weighted by Gasteiger charge is -2.19. The summed E-state index contributed by atoms with van der Waals surface area (Å²) in [5.41, 5.74) is 0.656. The second kappa shape index (κ2) is 6.47. The van der Waals surface area contributed by atoms with Crippen molar-refractivity contribution >= 4 is 35.0 Å². The van der Waals surface area contributed by atoms with E-state index >= 15 is 0 Å². The Balaban J connectivity index is 2.03. The van der Waals surface area contributed by atoms with Gasteiger partial charge in [-0.3, -0.25) is 0 Å². The topological polar surface area (TPSA) is 12.0 Å². The third-order valence-electron chi connectivity index (χ3n) is 3.25. The highest BCUT2D eigenvalue weighted by atomic mass is 35.5. The molecule has 1 aliphatic heterocycles. The van der Waals surface area contributed by atoms with E-state index in [0.29, 0.717) is 16.5 Å². The van der Waals surface area contributed by atoms with Gasteiger partial charge in [-0.05, 0) is 49.4 Å². The molecule has 0 spiro atoms. The maximum absolute atomic E-state index is 13.4. The van der Waals surface area contributed by atoms with E-state index in [-0.39, 0.29) is 11.1 Å². The van der Waals surface area contributed by atoms with Crippen LogP contribution >= 0.6 is 35.0 Å². The van der Waals surface area contributed by atoms with E-state index in [4.69, 9.17) is 23.2 Å². The molecular weight excluding hydrogens is 292 g/mol. The van der Waals surface area contributed by atoms with Gasteiger partial charge in [0.1, 0.15) is 5.82 Å². The second-order valence-electron chi connectivity index (χ2n) is 4.62. The zero-order chi connectivity index (χ0) is 13.1. The van der Waals surface area contributed by atoms with Crippen LogP contribution in [0.2, 0.25) is 10.0 Å². The van der Waals surface area contributed by atoms with Crippen molar-refractivity contribution < 1.29 is 4.39 Å². The molecule has 1 aromatic carbocycles. The average molecular weight is 308 g/mol. The van der Waals surface area contributed by atoms with Gasteiger partial charge in [0.2, 0.25) is 0 Å². The SMILES string of the molecule is CC(NCC1CCSC1)c1c(Cl)ccc(F)c1Cl. The first-order valence-corrected chi connectivity index (χ1v) is 7.95. The lowest BCUT2D eigenvalue weighted by molar-refractivity contribution is 0.476. The Bertz CT molecular complexity index is 422. The maximum Gasteiger partial charge on any atom is 0.142 e. The molecule has 0 amide bonds. The number of nitrogens with one attached hydrogen (secondary N) is 1. The minimum atomic E-state index is -0.416. The molecule has 2 atom stereocenters. The van der Waals surface area contributed by atoms with Crippen LogP contribution in [0.15, 0.2) is 12.1 Å². The molecular formula is C13H16Cl2FNS. The molecule has 0 aromatic heterocycles. The van der Waals surface area contributed by atoms with Gasteiger partial charge >= 0.3 is 0 Å². The van der Waals surface area contributed by atoms with Crippen LogP contribution in [0.5, 0.6) is 0 Å². The molecule has 100 valence electrons. The quantitative estimate of drug-likeness (QED) is 0.820. The first-order chi connectivity index (χ1) is 8.59. The minimum absolute atomic E-state index is 0.0358. The smallest absolute Gasteiger partial charge is 0.142 e. The number of thioether (sulfide) groups is 1. The number of benzene rings is 1. The fourth-order valence-electron chi connectivity index (χ4n) is 2.13. The summed E-state index contributed by atoms with van der Waals surface area (Å²) >= 11 is 14.1. The first-order valence-electron chi connectivity index (χ1n) is 6.04. The summed E-state index contributed by atoms with van der Waals surface area (Å²) in [7, 11) is 0. The Labute approximate surface area is 121 Å². The van der Waals surface area contributed by atoms with Gasteiger partial charge in [-0.25, -0.2) is 4.39 Å². The van der Waals surface area contributed by atoms with E-state index in [1.54, 1.807) is 6.07 Å². The van der Waals surface area contributed by atoms with Crippen LogP contribution in [0.1, 0.15) is 24.9 Å². The molecule has 1 nitrogen and oxygen atoms in total. The van der Waals surface area contributed by atoms with E-state index in [0.717, 1.165) is 6.54 Å². The molecule has 1 heterocycles. The van der Waals surface area contributed by atoms with Crippen molar-refractivity contribution in [1.82, 2.24) is 5.32 Å². The third-order valence-corrected chi connectivity index (χ3v) is 5.19. The highest BCUT2D eigenvalue weighted by Crippen LogP contribution is 2.32. The largest absolute Gasteiger partial charge is 0.310 e. The lowest BCUT2D eigenvalue weighted by Crippen LogP contribution is -2.26. The highest BCUT2D eigenvalue weighted by Gasteiger charge is 2.20. The van der Waals surface area contributed by atoms with Crippen LogP contribution in [0.4, 0.5) is 4.39 Å². The summed E-state index contributed by atoms with van der Waals surface area (Å²) in [6.45, 7) is 2.89. The number of hydrogen-bond acceptors (Lipinski definition) is 2. The molecule has 1 N–H and O–H groups in total. The van der Waals surface area contributed by atoms with Crippen molar-refractivity contribution in [3.8, 4) is 0 Å². The van der Waals surface area contributed by atoms with Gasteiger partial charge in [0.05, 0.1) is 5.02 Å². The predicted octanol–water partition coefficient (Wildman–Crippen LogP) is 4.54. The predicted molar refractivity (Wildman–Crippen MR) is 78.3 cm³/mol. The number of rotatable bonds is 4. The first kappa shape index (κ1) is 14.4. The van der Waals surface area contributed by atoms with Gasteiger partial charge in [-0.2, -0.15) is 11.8 Å². The zero-order valence-electron chi connectivity index (χ0n) is 10.2. The molecule has 18 heavy (non-hydrogen) atoms. The summed E-state index contributed by atoms with van der Waals surface area (Å²) in [5.74, 6) is 2.72. The Morgan fingerprint density at radius 3 is 2.94 bits per heavy atom. The average Bonchev–Trinajstić information content (AvgIpc) is 2.85. The molecule has 0 aliphatic carbocycles. The Morgan fingerprint density at radius 1 is 1.50 bits per heavy atom. The molecule has 2 unspecified atom stereocenters. The van der Waals surface area contributed by atoms with Crippen LogP contribution < -0.4 is 5.32 Å². The summed E-state index contributed by atoms with van der Waals surface area (Å²) < 4.78 is 13.4. The fraction of sp³-hybridized carbons (Fsp3) is 0.538.